The van der Waals surface area contributed by atoms with Crippen molar-refractivity contribution in [3.05, 3.63) is 34.9 Å². The van der Waals surface area contributed by atoms with Gasteiger partial charge in [0.15, 0.2) is 0 Å². The van der Waals surface area contributed by atoms with Gasteiger partial charge in [-0.3, -0.25) is 0 Å². The number of benzene rings is 1. The molecule has 2 aliphatic heterocycles. The molecule has 1 unspecified atom stereocenters. The predicted molar refractivity (Wildman–Crippen MR) is 78.5 cm³/mol. The van der Waals surface area contributed by atoms with Crippen LogP contribution in [0.5, 0.6) is 0 Å². The summed E-state index contributed by atoms with van der Waals surface area (Å²) in [5, 5.41) is 3.51. The second-order valence-electron chi connectivity index (χ2n) is 7.13. The van der Waals surface area contributed by atoms with Gasteiger partial charge in [-0.2, -0.15) is 0 Å². The molecule has 3 rings (SSSR count). The van der Waals surface area contributed by atoms with Crippen molar-refractivity contribution in [3.63, 3.8) is 0 Å². The third-order valence-electron chi connectivity index (χ3n) is 4.63. The summed E-state index contributed by atoms with van der Waals surface area (Å²) in [6.45, 7) is 11.0. The molecular weight excluding hydrogens is 234 g/mol. The van der Waals surface area contributed by atoms with Crippen LogP contribution in [-0.4, -0.2) is 17.7 Å². The van der Waals surface area contributed by atoms with Crippen LogP contribution in [0, 0.1) is 0 Å². The lowest BCUT2D eigenvalue weighted by atomic mass is 9.78. The summed E-state index contributed by atoms with van der Waals surface area (Å²) >= 11 is 0. The highest BCUT2D eigenvalue weighted by Crippen LogP contribution is 2.48. The van der Waals surface area contributed by atoms with Crippen molar-refractivity contribution < 1.29 is 4.74 Å². The van der Waals surface area contributed by atoms with Gasteiger partial charge in [-0.15, -0.1) is 0 Å². The predicted octanol–water partition coefficient (Wildman–Crippen LogP) is 3.39. The first kappa shape index (κ1) is 13.1. The monoisotopic (exact) mass is 259 g/mol. The molecular formula is C17H25NO. The Balaban J connectivity index is 2.03. The molecule has 1 fully saturated rings. The second kappa shape index (κ2) is 4.32. The number of hydrogen-bond donors (Lipinski definition) is 1. The molecule has 0 spiro atoms. The average Bonchev–Trinajstić information content (AvgIpc) is 2.56. The van der Waals surface area contributed by atoms with Crippen molar-refractivity contribution in [2.45, 2.75) is 64.2 Å². The summed E-state index contributed by atoms with van der Waals surface area (Å²) in [4.78, 5) is 0. The molecule has 0 saturated carbocycles. The van der Waals surface area contributed by atoms with Crippen LogP contribution in [-0.2, 0) is 17.7 Å². The van der Waals surface area contributed by atoms with Gasteiger partial charge in [0.05, 0.1) is 11.2 Å². The molecule has 104 valence electrons. The molecule has 0 amide bonds. The van der Waals surface area contributed by atoms with E-state index in [1.165, 1.54) is 16.7 Å². The van der Waals surface area contributed by atoms with Gasteiger partial charge in [0.2, 0.25) is 0 Å². The van der Waals surface area contributed by atoms with Crippen LogP contribution in [0.25, 0.3) is 0 Å². The lowest BCUT2D eigenvalue weighted by Gasteiger charge is -2.30. The molecule has 1 atom stereocenters. The highest BCUT2D eigenvalue weighted by atomic mass is 16.5. The molecule has 0 aromatic heterocycles. The van der Waals surface area contributed by atoms with E-state index in [1.54, 1.807) is 0 Å². The van der Waals surface area contributed by atoms with Gasteiger partial charge >= 0.3 is 0 Å². The first-order chi connectivity index (χ1) is 8.89. The smallest absolute Gasteiger partial charge is 0.0703 e. The lowest BCUT2D eigenvalue weighted by molar-refractivity contribution is -0.0681. The molecule has 0 aliphatic carbocycles. The SMILES string of the molecule is CC1(C)CC(c2cccc3c2CNCC3)C(C)(C)O1. The van der Waals surface area contributed by atoms with Crippen LogP contribution >= 0.6 is 0 Å². The van der Waals surface area contributed by atoms with Crippen molar-refractivity contribution >= 4 is 0 Å². The van der Waals surface area contributed by atoms with E-state index in [-0.39, 0.29) is 11.2 Å². The van der Waals surface area contributed by atoms with Crippen molar-refractivity contribution in [2.24, 2.45) is 0 Å². The van der Waals surface area contributed by atoms with Gasteiger partial charge in [-0.1, -0.05) is 18.2 Å². The zero-order valence-corrected chi connectivity index (χ0v) is 12.5. The van der Waals surface area contributed by atoms with Gasteiger partial charge in [-0.05, 0) is 63.8 Å². The zero-order valence-electron chi connectivity index (χ0n) is 12.5. The molecule has 2 aliphatic rings. The Morgan fingerprint density at radius 1 is 1.21 bits per heavy atom. The molecule has 19 heavy (non-hydrogen) atoms. The topological polar surface area (TPSA) is 21.3 Å². The van der Waals surface area contributed by atoms with Crippen molar-refractivity contribution in [1.29, 1.82) is 0 Å². The minimum Gasteiger partial charge on any atom is -0.369 e. The summed E-state index contributed by atoms with van der Waals surface area (Å²) in [7, 11) is 0. The summed E-state index contributed by atoms with van der Waals surface area (Å²) in [5.74, 6) is 0.498. The quantitative estimate of drug-likeness (QED) is 0.834. The van der Waals surface area contributed by atoms with Gasteiger partial charge in [0.1, 0.15) is 0 Å². The number of fused-ring (bicyclic) bond motifs is 1. The van der Waals surface area contributed by atoms with Gasteiger partial charge < -0.3 is 10.1 Å². The maximum Gasteiger partial charge on any atom is 0.0703 e. The normalized spacial score (nSPS) is 28.1. The third kappa shape index (κ3) is 2.32. The van der Waals surface area contributed by atoms with Crippen molar-refractivity contribution in [3.8, 4) is 0 Å². The highest BCUT2D eigenvalue weighted by Gasteiger charge is 2.47. The van der Waals surface area contributed by atoms with Crippen LogP contribution in [0.1, 0.15) is 56.7 Å². The largest absolute Gasteiger partial charge is 0.369 e. The third-order valence-corrected chi connectivity index (χ3v) is 4.63. The van der Waals surface area contributed by atoms with E-state index >= 15 is 0 Å². The molecule has 2 heterocycles. The van der Waals surface area contributed by atoms with Crippen LogP contribution in [0.3, 0.4) is 0 Å². The fourth-order valence-corrected chi connectivity index (χ4v) is 3.91. The fourth-order valence-electron chi connectivity index (χ4n) is 3.91. The summed E-state index contributed by atoms with van der Waals surface area (Å²) in [6, 6.07) is 6.82. The Kier molecular flexibility index (Phi) is 2.99. The summed E-state index contributed by atoms with van der Waals surface area (Å²) < 4.78 is 6.27. The van der Waals surface area contributed by atoms with Crippen LogP contribution in [0.4, 0.5) is 0 Å². The molecule has 2 heteroatoms. The standard InChI is InChI=1S/C17H25NO/c1-16(2)10-15(17(3,4)19-16)13-7-5-6-12-8-9-18-11-14(12)13/h5-7,15,18H,8-11H2,1-4H3. The van der Waals surface area contributed by atoms with Crippen LogP contribution in [0.2, 0.25) is 0 Å². The van der Waals surface area contributed by atoms with E-state index in [4.69, 9.17) is 4.74 Å². The van der Waals surface area contributed by atoms with Gasteiger partial charge in [0, 0.05) is 12.5 Å². The Bertz CT molecular complexity index is 490. The Morgan fingerprint density at radius 3 is 2.68 bits per heavy atom. The molecule has 1 aromatic rings. The molecule has 0 bridgehead atoms. The van der Waals surface area contributed by atoms with E-state index in [9.17, 15) is 0 Å². The Morgan fingerprint density at radius 2 is 2.00 bits per heavy atom. The summed E-state index contributed by atoms with van der Waals surface area (Å²) in [5.41, 5.74) is 4.46. The molecule has 1 aromatic carbocycles. The number of ether oxygens (including phenoxy) is 1. The van der Waals surface area contributed by atoms with E-state index in [1.807, 2.05) is 0 Å². The molecule has 1 N–H and O–H groups in total. The van der Waals surface area contributed by atoms with E-state index in [0.29, 0.717) is 5.92 Å². The fraction of sp³-hybridized carbons (Fsp3) is 0.647. The maximum absolute atomic E-state index is 6.27. The van der Waals surface area contributed by atoms with Crippen LogP contribution in [0.15, 0.2) is 18.2 Å². The van der Waals surface area contributed by atoms with Crippen LogP contribution < -0.4 is 5.32 Å². The minimum atomic E-state index is -0.0733. The lowest BCUT2D eigenvalue weighted by Crippen LogP contribution is -2.30. The number of rotatable bonds is 1. The Labute approximate surface area is 116 Å². The number of hydrogen-bond acceptors (Lipinski definition) is 2. The first-order valence-corrected chi connectivity index (χ1v) is 7.41. The van der Waals surface area contributed by atoms with Crippen molar-refractivity contribution in [2.75, 3.05) is 6.54 Å². The molecule has 1 saturated heterocycles. The van der Waals surface area contributed by atoms with E-state index in [2.05, 4.69) is 51.2 Å². The number of nitrogens with one attached hydrogen (secondary N) is 1. The molecule has 2 nitrogen and oxygen atoms in total. The van der Waals surface area contributed by atoms with Gasteiger partial charge in [-0.25, -0.2) is 0 Å². The minimum absolute atomic E-state index is 0.0149. The first-order valence-electron chi connectivity index (χ1n) is 7.41. The molecule has 0 radical (unpaired) electrons. The van der Waals surface area contributed by atoms with E-state index < -0.39 is 0 Å². The second-order valence-corrected chi connectivity index (χ2v) is 7.13. The highest BCUT2D eigenvalue weighted by molar-refractivity contribution is 5.41. The maximum atomic E-state index is 6.27. The Hall–Kier alpha value is -0.860. The van der Waals surface area contributed by atoms with Gasteiger partial charge in [0.25, 0.3) is 0 Å². The van der Waals surface area contributed by atoms with E-state index in [0.717, 1.165) is 25.9 Å². The average molecular weight is 259 g/mol. The summed E-state index contributed by atoms with van der Waals surface area (Å²) in [6.07, 6.45) is 2.26. The van der Waals surface area contributed by atoms with Crippen molar-refractivity contribution in [1.82, 2.24) is 5.32 Å². The zero-order chi connectivity index (χ0) is 13.7.